The van der Waals surface area contributed by atoms with E-state index in [1.54, 1.807) is 18.2 Å². The van der Waals surface area contributed by atoms with Crippen LogP contribution in [0.2, 0.25) is 0 Å². The molecule has 0 unspecified atom stereocenters. The molecular formula is C14H17N3O2. The smallest absolute Gasteiger partial charge is 0.224 e. The van der Waals surface area contributed by atoms with E-state index >= 15 is 0 Å². The number of anilines is 1. The Morgan fingerprint density at radius 2 is 2.00 bits per heavy atom. The summed E-state index contributed by atoms with van der Waals surface area (Å²) in [6.07, 6.45) is 2.50. The van der Waals surface area contributed by atoms with Crippen LogP contribution in [0.15, 0.2) is 36.7 Å². The summed E-state index contributed by atoms with van der Waals surface area (Å²) < 4.78 is 5.63. The molecule has 0 saturated carbocycles. The number of nitrogens with zero attached hydrogens (tertiary/aromatic N) is 2. The highest BCUT2D eigenvalue weighted by Gasteiger charge is 2.01. The summed E-state index contributed by atoms with van der Waals surface area (Å²) in [4.78, 5) is 8.17. The largest absolute Gasteiger partial charge is 0.439 e. The van der Waals surface area contributed by atoms with Gasteiger partial charge in [0.1, 0.15) is 17.9 Å². The lowest BCUT2D eigenvalue weighted by Crippen LogP contribution is -2.02. The minimum atomic E-state index is 0.0267. The SMILES string of the molecule is CCCNc1cc(Oc2ccc(CO)cc2)ncn1. The molecule has 100 valence electrons. The zero-order chi connectivity index (χ0) is 13.5. The molecule has 2 rings (SSSR count). The zero-order valence-electron chi connectivity index (χ0n) is 10.8. The Kier molecular flexibility index (Phi) is 4.69. The number of aliphatic hydroxyl groups excluding tert-OH is 1. The van der Waals surface area contributed by atoms with Crippen LogP contribution in [0, 0.1) is 0 Å². The molecule has 5 nitrogen and oxygen atoms in total. The molecule has 2 N–H and O–H groups in total. The van der Waals surface area contributed by atoms with Crippen LogP contribution in [0.3, 0.4) is 0 Å². The Balaban J connectivity index is 2.05. The van der Waals surface area contributed by atoms with Crippen LogP contribution in [0.1, 0.15) is 18.9 Å². The molecular weight excluding hydrogens is 242 g/mol. The van der Waals surface area contributed by atoms with Gasteiger partial charge in [-0.3, -0.25) is 0 Å². The van der Waals surface area contributed by atoms with Crippen LogP contribution in [0.5, 0.6) is 11.6 Å². The van der Waals surface area contributed by atoms with Crippen LogP contribution in [0.25, 0.3) is 0 Å². The van der Waals surface area contributed by atoms with Gasteiger partial charge in [0.2, 0.25) is 5.88 Å². The molecule has 0 aliphatic carbocycles. The quantitative estimate of drug-likeness (QED) is 0.834. The lowest BCUT2D eigenvalue weighted by molar-refractivity contribution is 0.281. The molecule has 0 spiro atoms. The van der Waals surface area contributed by atoms with Gasteiger partial charge in [-0.2, -0.15) is 0 Å². The van der Waals surface area contributed by atoms with Crippen molar-refractivity contribution in [3.8, 4) is 11.6 Å². The van der Waals surface area contributed by atoms with Crippen molar-refractivity contribution in [2.75, 3.05) is 11.9 Å². The second-order valence-corrected chi connectivity index (χ2v) is 4.07. The Labute approximate surface area is 112 Å². The van der Waals surface area contributed by atoms with Crippen LogP contribution in [-0.4, -0.2) is 21.6 Å². The maximum absolute atomic E-state index is 8.97. The number of aliphatic hydroxyl groups is 1. The number of ether oxygens (including phenoxy) is 1. The predicted octanol–water partition coefficient (Wildman–Crippen LogP) is 2.58. The molecule has 0 radical (unpaired) electrons. The monoisotopic (exact) mass is 259 g/mol. The Bertz CT molecular complexity index is 514. The van der Waals surface area contributed by atoms with Crippen LogP contribution < -0.4 is 10.1 Å². The molecule has 0 saturated heterocycles. The summed E-state index contributed by atoms with van der Waals surface area (Å²) in [6.45, 7) is 2.98. The highest BCUT2D eigenvalue weighted by molar-refractivity contribution is 5.39. The molecule has 0 atom stereocenters. The van der Waals surface area contributed by atoms with Crippen molar-refractivity contribution in [1.82, 2.24) is 9.97 Å². The summed E-state index contributed by atoms with van der Waals surface area (Å²) in [5, 5.41) is 12.1. The number of hydrogen-bond acceptors (Lipinski definition) is 5. The maximum Gasteiger partial charge on any atom is 0.224 e. The van der Waals surface area contributed by atoms with Crippen molar-refractivity contribution in [2.45, 2.75) is 20.0 Å². The number of hydrogen-bond donors (Lipinski definition) is 2. The maximum atomic E-state index is 8.97. The highest BCUT2D eigenvalue weighted by Crippen LogP contribution is 2.21. The molecule has 5 heteroatoms. The van der Waals surface area contributed by atoms with Crippen molar-refractivity contribution in [3.05, 3.63) is 42.2 Å². The first kappa shape index (κ1) is 13.3. The Morgan fingerprint density at radius 3 is 2.68 bits per heavy atom. The van der Waals surface area contributed by atoms with Gasteiger partial charge in [-0.15, -0.1) is 0 Å². The molecule has 0 amide bonds. The van der Waals surface area contributed by atoms with E-state index in [9.17, 15) is 0 Å². The number of benzene rings is 1. The van der Waals surface area contributed by atoms with Crippen molar-refractivity contribution in [3.63, 3.8) is 0 Å². The van der Waals surface area contributed by atoms with Gasteiger partial charge in [-0.1, -0.05) is 19.1 Å². The summed E-state index contributed by atoms with van der Waals surface area (Å²) in [5.41, 5.74) is 0.848. The van der Waals surface area contributed by atoms with E-state index in [-0.39, 0.29) is 6.61 Å². The van der Waals surface area contributed by atoms with Gasteiger partial charge in [-0.25, -0.2) is 9.97 Å². The fourth-order valence-corrected chi connectivity index (χ4v) is 1.53. The average molecular weight is 259 g/mol. The first-order chi connectivity index (χ1) is 9.31. The number of nitrogens with one attached hydrogen (secondary N) is 1. The van der Waals surface area contributed by atoms with Crippen LogP contribution in [-0.2, 0) is 6.61 Å². The predicted molar refractivity (Wildman–Crippen MR) is 73.3 cm³/mol. The average Bonchev–Trinajstić information content (AvgIpc) is 2.46. The van der Waals surface area contributed by atoms with E-state index in [2.05, 4.69) is 22.2 Å². The standard InChI is InChI=1S/C14H17N3O2/c1-2-7-15-13-8-14(17-10-16-13)19-12-5-3-11(9-18)4-6-12/h3-6,8,10,18H,2,7,9H2,1H3,(H,15,16,17). The van der Waals surface area contributed by atoms with Gasteiger partial charge in [-0.05, 0) is 24.1 Å². The molecule has 2 aromatic rings. The van der Waals surface area contributed by atoms with Crippen molar-refractivity contribution < 1.29 is 9.84 Å². The third kappa shape index (κ3) is 3.93. The van der Waals surface area contributed by atoms with E-state index in [1.165, 1.54) is 6.33 Å². The summed E-state index contributed by atoms with van der Waals surface area (Å²) in [5.74, 6) is 1.92. The first-order valence-electron chi connectivity index (χ1n) is 6.25. The topological polar surface area (TPSA) is 67.3 Å². The van der Waals surface area contributed by atoms with E-state index in [0.717, 1.165) is 24.3 Å². The van der Waals surface area contributed by atoms with E-state index in [1.807, 2.05) is 12.1 Å². The van der Waals surface area contributed by atoms with E-state index < -0.39 is 0 Å². The van der Waals surface area contributed by atoms with Gasteiger partial charge in [0.05, 0.1) is 6.61 Å². The molecule has 0 bridgehead atoms. The molecule has 1 aromatic heterocycles. The van der Waals surface area contributed by atoms with Gasteiger partial charge >= 0.3 is 0 Å². The van der Waals surface area contributed by atoms with Gasteiger partial charge < -0.3 is 15.2 Å². The molecule has 0 aliphatic rings. The molecule has 1 aromatic carbocycles. The van der Waals surface area contributed by atoms with Crippen molar-refractivity contribution in [1.29, 1.82) is 0 Å². The number of rotatable bonds is 6. The summed E-state index contributed by atoms with van der Waals surface area (Å²) in [6, 6.07) is 8.98. The lowest BCUT2D eigenvalue weighted by atomic mass is 10.2. The fourth-order valence-electron chi connectivity index (χ4n) is 1.53. The normalized spacial score (nSPS) is 10.2. The zero-order valence-corrected chi connectivity index (χ0v) is 10.8. The highest BCUT2D eigenvalue weighted by atomic mass is 16.5. The van der Waals surface area contributed by atoms with Crippen LogP contribution in [0.4, 0.5) is 5.82 Å². The van der Waals surface area contributed by atoms with Crippen molar-refractivity contribution in [2.24, 2.45) is 0 Å². The van der Waals surface area contributed by atoms with Gasteiger partial charge in [0, 0.05) is 12.6 Å². The second kappa shape index (κ2) is 6.70. The molecule has 1 heterocycles. The van der Waals surface area contributed by atoms with E-state index in [4.69, 9.17) is 9.84 Å². The van der Waals surface area contributed by atoms with Crippen molar-refractivity contribution >= 4 is 5.82 Å². The second-order valence-electron chi connectivity index (χ2n) is 4.07. The molecule has 0 fully saturated rings. The summed E-state index contributed by atoms with van der Waals surface area (Å²) >= 11 is 0. The first-order valence-corrected chi connectivity index (χ1v) is 6.25. The lowest BCUT2D eigenvalue weighted by Gasteiger charge is -2.07. The fraction of sp³-hybridized carbons (Fsp3) is 0.286. The van der Waals surface area contributed by atoms with Gasteiger partial charge in [0.15, 0.2) is 0 Å². The third-order valence-corrected chi connectivity index (χ3v) is 2.53. The third-order valence-electron chi connectivity index (χ3n) is 2.53. The minimum Gasteiger partial charge on any atom is -0.439 e. The molecule has 0 aliphatic heterocycles. The Morgan fingerprint density at radius 1 is 1.21 bits per heavy atom. The number of aromatic nitrogens is 2. The van der Waals surface area contributed by atoms with Crippen LogP contribution >= 0.6 is 0 Å². The molecule has 19 heavy (non-hydrogen) atoms. The van der Waals surface area contributed by atoms with Gasteiger partial charge in [0.25, 0.3) is 0 Å². The summed E-state index contributed by atoms with van der Waals surface area (Å²) in [7, 11) is 0. The Hall–Kier alpha value is -2.14. The van der Waals surface area contributed by atoms with E-state index in [0.29, 0.717) is 11.6 Å². The minimum absolute atomic E-state index is 0.0267.